The van der Waals surface area contributed by atoms with Crippen molar-refractivity contribution in [3.63, 3.8) is 0 Å². The van der Waals surface area contributed by atoms with Crippen LogP contribution in [-0.2, 0) is 0 Å². The molecule has 0 amide bonds. The van der Waals surface area contributed by atoms with Gasteiger partial charge in [-0.15, -0.1) is 6.42 Å². The molecule has 0 fully saturated rings. The number of hydrogen-bond acceptors (Lipinski definition) is 5. The fraction of sp³-hybridized carbons (Fsp3) is 0.263. The molecule has 5 heteroatoms. The van der Waals surface area contributed by atoms with E-state index >= 15 is 0 Å². The van der Waals surface area contributed by atoms with E-state index in [9.17, 15) is 0 Å². The highest BCUT2D eigenvalue weighted by Gasteiger charge is 2.20. The van der Waals surface area contributed by atoms with Gasteiger partial charge in [0.05, 0.1) is 24.1 Å². The third kappa shape index (κ3) is 2.28. The summed E-state index contributed by atoms with van der Waals surface area (Å²) in [6.45, 7) is 3.94. The SMILES string of the molecule is C#CCN1CCOc2cc3nc4cc(C)/c(=N\C)cc-4oc3cc21. The van der Waals surface area contributed by atoms with Crippen LogP contribution in [0.15, 0.2) is 33.7 Å². The Morgan fingerprint density at radius 3 is 3.00 bits per heavy atom. The van der Waals surface area contributed by atoms with E-state index in [4.69, 9.17) is 20.6 Å². The Kier molecular flexibility index (Phi) is 3.39. The van der Waals surface area contributed by atoms with Gasteiger partial charge in [-0.2, -0.15) is 0 Å². The van der Waals surface area contributed by atoms with Crippen molar-refractivity contribution < 1.29 is 9.15 Å². The first-order chi connectivity index (χ1) is 11.7. The molecule has 1 aliphatic carbocycles. The number of nitrogens with zero attached hydrogens (tertiary/aromatic N) is 3. The second-order valence-electron chi connectivity index (χ2n) is 5.81. The summed E-state index contributed by atoms with van der Waals surface area (Å²) < 4.78 is 11.9. The zero-order chi connectivity index (χ0) is 16.7. The Balaban J connectivity index is 1.97. The fourth-order valence-corrected chi connectivity index (χ4v) is 3.05. The van der Waals surface area contributed by atoms with Crippen LogP contribution >= 0.6 is 0 Å². The number of ether oxygens (including phenoxy) is 1. The number of terminal acetylenes is 1. The average Bonchev–Trinajstić information content (AvgIpc) is 2.58. The normalized spacial score (nSPS) is 14.5. The Hall–Kier alpha value is -3.00. The summed E-state index contributed by atoms with van der Waals surface area (Å²) in [4.78, 5) is 11.1. The van der Waals surface area contributed by atoms with Crippen LogP contribution in [0.25, 0.3) is 22.6 Å². The lowest BCUT2D eigenvalue weighted by Crippen LogP contribution is -2.32. The van der Waals surface area contributed by atoms with Gasteiger partial charge < -0.3 is 14.1 Å². The Bertz CT molecular complexity index is 1010. The van der Waals surface area contributed by atoms with Crippen LogP contribution in [0.4, 0.5) is 5.69 Å². The van der Waals surface area contributed by atoms with Gasteiger partial charge in [0.2, 0.25) is 0 Å². The summed E-state index contributed by atoms with van der Waals surface area (Å²) in [7, 11) is 1.77. The number of aromatic nitrogens is 1. The van der Waals surface area contributed by atoms with E-state index in [1.54, 1.807) is 7.05 Å². The Morgan fingerprint density at radius 2 is 2.21 bits per heavy atom. The van der Waals surface area contributed by atoms with Crippen LogP contribution in [-0.4, -0.2) is 31.7 Å². The van der Waals surface area contributed by atoms with Gasteiger partial charge >= 0.3 is 0 Å². The van der Waals surface area contributed by atoms with Crippen LogP contribution in [0, 0.1) is 19.3 Å². The fourth-order valence-electron chi connectivity index (χ4n) is 3.05. The van der Waals surface area contributed by atoms with Crippen molar-refractivity contribution in [1.29, 1.82) is 0 Å². The molecule has 24 heavy (non-hydrogen) atoms. The van der Waals surface area contributed by atoms with Crippen molar-refractivity contribution in [1.82, 2.24) is 4.98 Å². The van der Waals surface area contributed by atoms with Gasteiger partial charge in [0.1, 0.15) is 23.6 Å². The van der Waals surface area contributed by atoms with Crippen molar-refractivity contribution in [3.05, 3.63) is 35.2 Å². The van der Waals surface area contributed by atoms with E-state index < -0.39 is 0 Å². The highest BCUT2D eigenvalue weighted by atomic mass is 16.5. The minimum atomic E-state index is 0.543. The molecule has 0 spiro atoms. The minimum Gasteiger partial charge on any atom is -0.489 e. The number of anilines is 1. The lowest BCUT2D eigenvalue weighted by molar-refractivity contribution is 0.310. The number of benzene rings is 2. The first-order valence-electron chi connectivity index (χ1n) is 7.83. The predicted molar refractivity (Wildman–Crippen MR) is 93.4 cm³/mol. The molecule has 0 bridgehead atoms. The minimum absolute atomic E-state index is 0.543. The Morgan fingerprint density at radius 1 is 1.33 bits per heavy atom. The molecule has 3 aliphatic rings. The van der Waals surface area contributed by atoms with Crippen molar-refractivity contribution in [2.75, 3.05) is 31.6 Å². The quantitative estimate of drug-likeness (QED) is 0.511. The number of rotatable bonds is 1. The summed E-state index contributed by atoms with van der Waals surface area (Å²) in [6.07, 6.45) is 5.47. The van der Waals surface area contributed by atoms with E-state index in [2.05, 4.69) is 15.8 Å². The van der Waals surface area contributed by atoms with Gasteiger partial charge in [0.25, 0.3) is 0 Å². The van der Waals surface area contributed by atoms with Gasteiger partial charge in [-0.1, -0.05) is 5.92 Å². The molecule has 0 saturated heterocycles. The van der Waals surface area contributed by atoms with E-state index in [1.807, 2.05) is 31.2 Å². The maximum atomic E-state index is 6.08. The van der Waals surface area contributed by atoms with Gasteiger partial charge in [-0.3, -0.25) is 4.99 Å². The molecule has 0 saturated carbocycles. The molecular formula is C19H17N3O2. The van der Waals surface area contributed by atoms with E-state index in [0.29, 0.717) is 24.5 Å². The zero-order valence-electron chi connectivity index (χ0n) is 13.7. The van der Waals surface area contributed by atoms with Gasteiger partial charge in [-0.25, -0.2) is 4.98 Å². The second-order valence-corrected chi connectivity index (χ2v) is 5.81. The number of hydrogen-bond donors (Lipinski definition) is 0. The van der Waals surface area contributed by atoms with Crippen LogP contribution in [0.2, 0.25) is 0 Å². The number of fused-ring (bicyclic) bond motifs is 3. The average molecular weight is 319 g/mol. The topological polar surface area (TPSA) is 50.9 Å². The van der Waals surface area contributed by atoms with Crippen molar-refractivity contribution in [2.45, 2.75) is 6.92 Å². The second kappa shape index (κ2) is 5.57. The largest absolute Gasteiger partial charge is 0.489 e. The van der Waals surface area contributed by atoms with E-state index in [0.717, 1.165) is 40.1 Å². The molecule has 0 atom stereocenters. The third-order valence-corrected chi connectivity index (χ3v) is 4.26. The van der Waals surface area contributed by atoms with Gasteiger partial charge in [0, 0.05) is 25.2 Å². The molecule has 0 radical (unpaired) electrons. The van der Waals surface area contributed by atoms with Gasteiger partial charge in [-0.05, 0) is 18.6 Å². The molecule has 4 rings (SSSR count). The summed E-state index contributed by atoms with van der Waals surface area (Å²) in [6, 6.07) is 7.79. The number of aryl methyl sites for hydroxylation is 1. The molecule has 120 valence electrons. The molecular weight excluding hydrogens is 302 g/mol. The monoisotopic (exact) mass is 319 g/mol. The molecule has 0 N–H and O–H groups in total. The molecule has 0 unspecified atom stereocenters. The molecule has 2 heterocycles. The maximum absolute atomic E-state index is 6.08. The van der Waals surface area contributed by atoms with Crippen LogP contribution in [0.1, 0.15) is 5.56 Å². The van der Waals surface area contributed by atoms with Crippen LogP contribution < -0.4 is 15.0 Å². The molecule has 5 nitrogen and oxygen atoms in total. The third-order valence-electron chi connectivity index (χ3n) is 4.26. The molecule has 2 aliphatic heterocycles. The zero-order valence-corrected chi connectivity index (χ0v) is 13.7. The van der Waals surface area contributed by atoms with Crippen molar-refractivity contribution >= 4 is 16.8 Å². The van der Waals surface area contributed by atoms with Crippen LogP contribution in [0.5, 0.6) is 5.75 Å². The smallest absolute Gasteiger partial charge is 0.155 e. The summed E-state index contributed by atoms with van der Waals surface area (Å²) >= 11 is 0. The van der Waals surface area contributed by atoms with E-state index in [-0.39, 0.29) is 0 Å². The van der Waals surface area contributed by atoms with E-state index in [1.165, 1.54) is 0 Å². The van der Waals surface area contributed by atoms with Gasteiger partial charge in [0.15, 0.2) is 11.3 Å². The summed E-state index contributed by atoms with van der Waals surface area (Å²) in [5, 5.41) is 0.905. The highest BCUT2D eigenvalue weighted by molar-refractivity contribution is 5.84. The Labute approximate surface area is 139 Å². The highest BCUT2D eigenvalue weighted by Crippen LogP contribution is 2.36. The first kappa shape index (κ1) is 14.6. The lowest BCUT2D eigenvalue weighted by Gasteiger charge is -2.29. The molecule has 1 aromatic carbocycles. The predicted octanol–water partition coefficient (Wildman–Crippen LogP) is 2.60. The van der Waals surface area contributed by atoms with Crippen molar-refractivity contribution in [2.24, 2.45) is 4.99 Å². The van der Waals surface area contributed by atoms with Crippen LogP contribution in [0.3, 0.4) is 0 Å². The lowest BCUT2D eigenvalue weighted by atomic mass is 10.1. The molecule has 1 aromatic rings. The van der Waals surface area contributed by atoms with Crippen molar-refractivity contribution in [3.8, 4) is 29.5 Å². The summed E-state index contributed by atoms with van der Waals surface area (Å²) in [5.41, 5.74) is 4.30. The maximum Gasteiger partial charge on any atom is 0.155 e. The first-order valence-corrected chi connectivity index (χ1v) is 7.83. The standard InChI is InChI=1S/C19H17N3O2/c1-4-5-22-6-7-23-19-10-15-18(11-16(19)22)24-17-9-13(20-3)12(2)8-14(17)21-15/h1,8-11H,5-7H2,2-3H3/b20-13-. The molecule has 0 aromatic heterocycles. The summed E-state index contributed by atoms with van der Waals surface area (Å²) in [5.74, 6) is 4.20.